The van der Waals surface area contributed by atoms with E-state index in [1.165, 1.54) is 22.3 Å². The van der Waals surface area contributed by atoms with Gasteiger partial charge >= 0.3 is 0 Å². The Bertz CT molecular complexity index is 1360. The van der Waals surface area contributed by atoms with Gasteiger partial charge in [0.05, 0.1) is 6.04 Å². The molecule has 2 aromatic carbocycles. The second-order valence-electron chi connectivity index (χ2n) is 10.1. The SMILES string of the molecule is Cc1ccccc1-c1cccc(CN2CCc3nnc([C@H](NC(=O)c4ccccn4)C(C)C)n3CC2)c1. The van der Waals surface area contributed by atoms with E-state index in [1.54, 1.807) is 18.3 Å². The number of aryl methyl sites for hydroxylation is 1. The summed E-state index contributed by atoms with van der Waals surface area (Å²) in [7, 11) is 0. The van der Waals surface area contributed by atoms with Crippen LogP contribution in [0.1, 0.15) is 53.2 Å². The van der Waals surface area contributed by atoms with E-state index in [1.807, 2.05) is 6.07 Å². The first-order chi connectivity index (χ1) is 18.0. The van der Waals surface area contributed by atoms with Gasteiger partial charge in [0.1, 0.15) is 11.5 Å². The van der Waals surface area contributed by atoms with E-state index in [0.717, 1.165) is 44.2 Å². The number of carbonyl (C=O) groups is 1. The fourth-order valence-corrected chi connectivity index (χ4v) is 5.01. The number of nitrogens with zero attached hydrogens (tertiary/aromatic N) is 5. The molecule has 190 valence electrons. The van der Waals surface area contributed by atoms with Crippen molar-refractivity contribution in [1.29, 1.82) is 0 Å². The number of rotatable bonds is 7. The molecule has 1 amide bonds. The first-order valence-electron chi connectivity index (χ1n) is 13.0. The van der Waals surface area contributed by atoms with E-state index in [9.17, 15) is 4.79 Å². The van der Waals surface area contributed by atoms with Crippen LogP contribution < -0.4 is 5.32 Å². The molecule has 0 unspecified atom stereocenters. The second kappa shape index (κ2) is 11.0. The summed E-state index contributed by atoms with van der Waals surface area (Å²) in [5.41, 5.74) is 5.54. The number of hydrogen-bond donors (Lipinski definition) is 1. The maximum Gasteiger partial charge on any atom is 0.270 e. The highest BCUT2D eigenvalue weighted by molar-refractivity contribution is 5.92. The lowest BCUT2D eigenvalue weighted by molar-refractivity contribution is 0.0916. The monoisotopic (exact) mass is 494 g/mol. The van der Waals surface area contributed by atoms with Gasteiger partial charge in [-0.25, -0.2) is 0 Å². The van der Waals surface area contributed by atoms with Crippen LogP contribution >= 0.6 is 0 Å². The summed E-state index contributed by atoms with van der Waals surface area (Å²) in [6, 6.07) is 22.5. The standard InChI is InChI=1S/C30H34N6O/c1-21(2)28(32-30(37)26-13-6-7-15-31-26)29-34-33-27-14-16-35(17-18-36(27)29)20-23-10-8-11-24(19-23)25-12-5-4-9-22(25)3/h4-13,15,19,21,28H,14,16-18,20H2,1-3H3,(H,32,37)/t28-/m1/s1. The molecule has 5 rings (SSSR count). The Kier molecular flexibility index (Phi) is 7.42. The molecule has 0 saturated heterocycles. The Morgan fingerprint density at radius 2 is 1.81 bits per heavy atom. The zero-order chi connectivity index (χ0) is 25.8. The van der Waals surface area contributed by atoms with Crippen LogP contribution in [0.4, 0.5) is 0 Å². The van der Waals surface area contributed by atoms with Crippen LogP contribution in [0.3, 0.4) is 0 Å². The molecule has 0 bridgehead atoms. The minimum Gasteiger partial charge on any atom is -0.340 e. The van der Waals surface area contributed by atoms with Gasteiger partial charge < -0.3 is 9.88 Å². The Balaban J connectivity index is 1.29. The Morgan fingerprint density at radius 1 is 0.973 bits per heavy atom. The van der Waals surface area contributed by atoms with Gasteiger partial charge in [0, 0.05) is 38.8 Å². The number of fused-ring (bicyclic) bond motifs is 1. The number of nitrogens with one attached hydrogen (secondary N) is 1. The van der Waals surface area contributed by atoms with E-state index in [-0.39, 0.29) is 17.9 Å². The minimum absolute atomic E-state index is 0.157. The lowest BCUT2D eigenvalue weighted by atomic mass is 9.99. The molecular formula is C30H34N6O. The van der Waals surface area contributed by atoms with E-state index in [4.69, 9.17) is 0 Å². The van der Waals surface area contributed by atoms with Crippen LogP contribution in [-0.4, -0.2) is 43.6 Å². The largest absolute Gasteiger partial charge is 0.340 e. The van der Waals surface area contributed by atoms with Gasteiger partial charge in [0.2, 0.25) is 0 Å². The Labute approximate surface area is 218 Å². The highest BCUT2D eigenvalue weighted by atomic mass is 16.2. The molecule has 1 atom stereocenters. The fourth-order valence-electron chi connectivity index (χ4n) is 5.01. The second-order valence-corrected chi connectivity index (χ2v) is 10.1. The molecule has 1 N–H and O–H groups in total. The molecule has 0 aliphatic carbocycles. The average Bonchev–Trinajstić information content (AvgIpc) is 3.21. The Hall–Kier alpha value is -3.84. The molecule has 0 saturated carbocycles. The van der Waals surface area contributed by atoms with Crippen LogP contribution in [0.25, 0.3) is 11.1 Å². The van der Waals surface area contributed by atoms with Crippen molar-refractivity contribution in [2.75, 3.05) is 13.1 Å². The van der Waals surface area contributed by atoms with Gasteiger partial charge in [-0.05, 0) is 53.3 Å². The van der Waals surface area contributed by atoms with Gasteiger partial charge in [0.25, 0.3) is 5.91 Å². The topological polar surface area (TPSA) is 75.9 Å². The predicted octanol–water partition coefficient (Wildman–Crippen LogP) is 4.83. The lowest BCUT2D eigenvalue weighted by Gasteiger charge is -2.23. The van der Waals surface area contributed by atoms with Crippen molar-refractivity contribution in [2.45, 2.75) is 46.3 Å². The smallest absolute Gasteiger partial charge is 0.270 e. The quantitative estimate of drug-likeness (QED) is 0.398. The summed E-state index contributed by atoms with van der Waals surface area (Å²) in [5.74, 6) is 1.76. The maximum absolute atomic E-state index is 12.9. The number of hydrogen-bond acceptors (Lipinski definition) is 5. The molecule has 0 fully saturated rings. The lowest BCUT2D eigenvalue weighted by Crippen LogP contribution is -2.34. The number of amides is 1. The summed E-state index contributed by atoms with van der Waals surface area (Å²) in [4.78, 5) is 19.5. The zero-order valence-corrected chi connectivity index (χ0v) is 21.8. The van der Waals surface area contributed by atoms with Gasteiger partial charge in [0.15, 0.2) is 5.82 Å². The molecule has 7 nitrogen and oxygen atoms in total. The fraction of sp³-hybridized carbons (Fsp3) is 0.333. The van der Waals surface area contributed by atoms with Crippen molar-refractivity contribution < 1.29 is 4.79 Å². The number of aromatic nitrogens is 4. The van der Waals surface area contributed by atoms with Crippen molar-refractivity contribution in [3.05, 3.63) is 101 Å². The van der Waals surface area contributed by atoms with Gasteiger partial charge in [-0.1, -0.05) is 62.4 Å². The summed E-state index contributed by atoms with van der Waals surface area (Å²) in [6.45, 7) is 9.83. The van der Waals surface area contributed by atoms with Gasteiger partial charge in [-0.3, -0.25) is 14.7 Å². The van der Waals surface area contributed by atoms with Crippen molar-refractivity contribution in [2.24, 2.45) is 5.92 Å². The van der Waals surface area contributed by atoms with E-state index >= 15 is 0 Å². The highest BCUT2D eigenvalue weighted by Crippen LogP contribution is 2.26. The first kappa shape index (κ1) is 24.8. The molecule has 3 heterocycles. The van der Waals surface area contributed by atoms with Crippen LogP contribution in [0.2, 0.25) is 0 Å². The summed E-state index contributed by atoms with van der Waals surface area (Å²) < 4.78 is 2.20. The average molecular weight is 495 g/mol. The van der Waals surface area contributed by atoms with Gasteiger partial charge in [-0.2, -0.15) is 0 Å². The third-order valence-corrected chi connectivity index (χ3v) is 7.07. The van der Waals surface area contributed by atoms with E-state index < -0.39 is 0 Å². The normalized spacial score (nSPS) is 14.7. The number of benzene rings is 2. The highest BCUT2D eigenvalue weighted by Gasteiger charge is 2.28. The molecule has 4 aromatic rings. The van der Waals surface area contributed by atoms with Crippen molar-refractivity contribution in [3.8, 4) is 11.1 Å². The molecule has 37 heavy (non-hydrogen) atoms. The summed E-state index contributed by atoms with van der Waals surface area (Å²) in [6.07, 6.45) is 2.46. The summed E-state index contributed by atoms with van der Waals surface area (Å²) >= 11 is 0. The zero-order valence-electron chi connectivity index (χ0n) is 21.8. The third kappa shape index (κ3) is 5.62. The molecule has 1 aliphatic heterocycles. The molecule has 0 radical (unpaired) electrons. The van der Waals surface area contributed by atoms with Crippen LogP contribution in [-0.2, 0) is 19.5 Å². The molecule has 7 heteroatoms. The van der Waals surface area contributed by atoms with E-state index in [0.29, 0.717) is 5.69 Å². The van der Waals surface area contributed by atoms with Crippen molar-refractivity contribution >= 4 is 5.91 Å². The maximum atomic E-state index is 12.9. The molecule has 1 aliphatic rings. The van der Waals surface area contributed by atoms with Crippen LogP contribution in [0.5, 0.6) is 0 Å². The molecule has 2 aromatic heterocycles. The van der Waals surface area contributed by atoms with Crippen molar-refractivity contribution in [3.63, 3.8) is 0 Å². The number of carbonyl (C=O) groups excluding carboxylic acids is 1. The molecular weight excluding hydrogens is 460 g/mol. The van der Waals surface area contributed by atoms with Crippen molar-refractivity contribution in [1.82, 2.24) is 30.0 Å². The van der Waals surface area contributed by atoms with E-state index in [2.05, 4.69) is 99.3 Å². The summed E-state index contributed by atoms with van der Waals surface area (Å²) in [5, 5.41) is 12.2. The van der Waals surface area contributed by atoms with Crippen LogP contribution in [0.15, 0.2) is 72.9 Å². The Morgan fingerprint density at radius 3 is 2.59 bits per heavy atom. The third-order valence-electron chi connectivity index (χ3n) is 7.07. The molecule has 0 spiro atoms. The predicted molar refractivity (Wildman–Crippen MR) is 145 cm³/mol. The minimum atomic E-state index is -0.243. The van der Waals surface area contributed by atoms with Crippen LogP contribution in [0, 0.1) is 12.8 Å². The first-order valence-corrected chi connectivity index (χ1v) is 13.0. The number of pyridine rings is 1. The van der Waals surface area contributed by atoms with Gasteiger partial charge in [-0.15, -0.1) is 10.2 Å².